The van der Waals surface area contributed by atoms with Crippen molar-refractivity contribution in [1.29, 1.82) is 0 Å². The number of hydrogen-bond acceptors (Lipinski definition) is 5. The van der Waals surface area contributed by atoms with Gasteiger partial charge in [-0.1, -0.05) is 12.1 Å². The quantitative estimate of drug-likeness (QED) is 0.628. The zero-order valence-electron chi connectivity index (χ0n) is 18.0. The highest BCUT2D eigenvalue weighted by atomic mass is 19.1. The molecule has 1 aliphatic heterocycles. The Balaban J connectivity index is 1.16. The minimum absolute atomic E-state index is 0.272. The van der Waals surface area contributed by atoms with E-state index < -0.39 is 5.60 Å². The van der Waals surface area contributed by atoms with E-state index >= 15 is 0 Å². The first kappa shape index (κ1) is 20.5. The largest absolute Gasteiger partial charge is 0.441 e. The highest BCUT2D eigenvalue weighted by molar-refractivity contribution is 5.90. The number of pyridine rings is 1. The predicted molar refractivity (Wildman–Crippen MR) is 120 cm³/mol. The second-order valence-electron chi connectivity index (χ2n) is 8.71. The van der Waals surface area contributed by atoms with Gasteiger partial charge in [0, 0.05) is 30.7 Å². The monoisotopic (exact) mass is 435 g/mol. The van der Waals surface area contributed by atoms with E-state index in [-0.39, 0.29) is 11.9 Å². The second-order valence-corrected chi connectivity index (χ2v) is 8.71. The van der Waals surface area contributed by atoms with Crippen molar-refractivity contribution in [3.05, 3.63) is 66.4 Å². The molecule has 3 heterocycles. The fourth-order valence-electron chi connectivity index (χ4n) is 4.63. The number of aryl methyl sites for hydroxylation is 1. The van der Waals surface area contributed by atoms with E-state index in [1.165, 1.54) is 6.07 Å². The molecule has 1 aromatic carbocycles. The van der Waals surface area contributed by atoms with Crippen LogP contribution in [0.25, 0.3) is 5.69 Å². The van der Waals surface area contributed by atoms with Crippen molar-refractivity contribution in [2.75, 3.05) is 23.3 Å². The number of para-hydroxylation sites is 1. The van der Waals surface area contributed by atoms with Crippen LogP contribution in [0.2, 0.25) is 0 Å². The molecule has 5 rings (SSSR count). The van der Waals surface area contributed by atoms with Crippen LogP contribution in [0.5, 0.6) is 0 Å². The second kappa shape index (κ2) is 8.26. The molecule has 0 atom stereocenters. The van der Waals surface area contributed by atoms with E-state index in [0.717, 1.165) is 49.4 Å². The van der Waals surface area contributed by atoms with Crippen molar-refractivity contribution in [3.63, 3.8) is 0 Å². The molecule has 166 valence electrons. The lowest BCUT2D eigenvalue weighted by molar-refractivity contribution is 0.0148. The van der Waals surface area contributed by atoms with Crippen LogP contribution >= 0.6 is 0 Å². The molecule has 0 radical (unpaired) electrons. The van der Waals surface area contributed by atoms with Crippen molar-refractivity contribution < 1.29 is 13.9 Å². The molecule has 3 aromatic rings. The number of carbonyl (C=O) groups excluding carboxylic acids is 1. The normalized spacial score (nSPS) is 22.9. The molecule has 1 aliphatic carbocycles. The van der Waals surface area contributed by atoms with Gasteiger partial charge in [-0.3, -0.25) is 9.88 Å². The molecular weight excluding hydrogens is 409 g/mol. The molecule has 2 aliphatic rings. The third kappa shape index (κ3) is 4.04. The van der Waals surface area contributed by atoms with E-state index in [2.05, 4.69) is 15.4 Å². The van der Waals surface area contributed by atoms with Gasteiger partial charge < -0.3 is 10.1 Å². The van der Waals surface area contributed by atoms with Crippen molar-refractivity contribution >= 4 is 17.6 Å². The summed E-state index contributed by atoms with van der Waals surface area (Å²) in [7, 11) is 0. The summed E-state index contributed by atoms with van der Waals surface area (Å²) in [5.41, 5.74) is 1.74. The van der Waals surface area contributed by atoms with Crippen LogP contribution < -0.4 is 10.2 Å². The third-order valence-corrected chi connectivity index (χ3v) is 6.44. The first-order valence-electron chi connectivity index (χ1n) is 11.0. The summed E-state index contributed by atoms with van der Waals surface area (Å²) in [5, 5.41) is 7.81. The maximum Gasteiger partial charge on any atom is 0.415 e. The van der Waals surface area contributed by atoms with Gasteiger partial charge in [-0.2, -0.15) is 5.10 Å². The summed E-state index contributed by atoms with van der Waals surface area (Å²) < 4.78 is 21.4. The molecule has 1 saturated carbocycles. The molecule has 1 spiro atoms. The number of hydrogen-bond donors (Lipinski definition) is 1. The van der Waals surface area contributed by atoms with Crippen molar-refractivity contribution in [1.82, 2.24) is 14.8 Å². The van der Waals surface area contributed by atoms with Crippen LogP contribution in [0, 0.1) is 18.7 Å². The number of halogens is 1. The Morgan fingerprint density at radius 1 is 1.22 bits per heavy atom. The van der Waals surface area contributed by atoms with Crippen LogP contribution in [0.1, 0.15) is 31.4 Å². The number of ether oxygens (including phenoxy) is 1. The fraction of sp³-hybridized carbons (Fsp3) is 0.375. The minimum Gasteiger partial charge on any atom is -0.441 e. The fourth-order valence-corrected chi connectivity index (χ4v) is 4.63. The average molecular weight is 436 g/mol. The lowest BCUT2D eigenvalue weighted by Gasteiger charge is -2.35. The number of nitrogens with one attached hydrogen (secondary N) is 1. The van der Waals surface area contributed by atoms with Gasteiger partial charge in [-0.05, 0) is 62.8 Å². The van der Waals surface area contributed by atoms with Gasteiger partial charge in [0.05, 0.1) is 12.2 Å². The lowest BCUT2D eigenvalue weighted by Crippen LogP contribution is -2.39. The molecule has 2 aromatic heterocycles. The summed E-state index contributed by atoms with van der Waals surface area (Å²) >= 11 is 0. The highest BCUT2D eigenvalue weighted by Gasteiger charge is 2.47. The van der Waals surface area contributed by atoms with E-state index in [9.17, 15) is 9.18 Å². The van der Waals surface area contributed by atoms with Gasteiger partial charge in [-0.25, -0.2) is 13.9 Å². The Kier molecular flexibility index (Phi) is 5.28. The van der Waals surface area contributed by atoms with Crippen LogP contribution in [0.4, 0.5) is 20.7 Å². The number of aromatic nitrogens is 3. The Morgan fingerprint density at radius 3 is 2.81 bits per heavy atom. The first-order chi connectivity index (χ1) is 15.5. The zero-order valence-corrected chi connectivity index (χ0v) is 18.0. The number of carbonyl (C=O) groups is 1. The van der Waals surface area contributed by atoms with Gasteiger partial charge in [0.1, 0.15) is 22.9 Å². The molecule has 0 unspecified atom stereocenters. The van der Waals surface area contributed by atoms with Gasteiger partial charge in [-0.15, -0.1) is 0 Å². The molecule has 8 heteroatoms. The third-order valence-electron chi connectivity index (χ3n) is 6.44. The summed E-state index contributed by atoms with van der Waals surface area (Å²) in [5.74, 6) is 0.886. The van der Waals surface area contributed by atoms with E-state index in [1.54, 1.807) is 40.2 Å². The van der Waals surface area contributed by atoms with Gasteiger partial charge in [0.25, 0.3) is 0 Å². The van der Waals surface area contributed by atoms with E-state index in [0.29, 0.717) is 18.2 Å². The standard InChI is InChI=1S/C24H26FN5O2/c1-17-14-19(8-12-26-17)29-16-24(32-23(29)31)10-6-18(7-11-24)15-27-22-9-13-30(28-22)21-5-3-2-4-20(21)25/h2-5,8-9,12-14,18H,6-7,10-11,15-16H2,1H3,(H,27,28)/t18-,24-. The first-order valence-corrected chi connectivity index (χ1v) is 11.0. The molecular formula is C24H26FN5O2. The summed E-state index contributed by atoms with van der Waals surface area (Å²) in [6.07, 6.45) is 6.83. The van der Waals surface area contributed by atoms with E-state index in [1.807, 2.05) is 25.1 Å². The smallest absolute Gasteiger partial charge is 0.415 e. The number of anilines is 2. The van der Waals surface area contributed by atoms with Crippen LogP contribution in [0.3, 0.4) is 0 Å². The van der Waals surface area contributed by atoms with Crippen LogP contribution in [0.15, 0.2) is 54.9 Å². The molecule has 2 fully saturated rings. The maximum atomic E-state index is 14.0. The SMILES string of the molecule is Cc1cc(N2C[C@]3(CC[C@@H](CNc4ccn(-c5ccccc5F)n4)CC3)OC2=O)ccn1. The molecule has 32 heavy (non-hydrogen) atoms. The summed E-state index contributed by atoms with van der Waals surface area (Å²) in [4.78, 5) is 18.5. The van der Waals surface area contributed by atoms with Gasteiger partial charge in [0.2, 0.25) is 0 Å². The topological polar surface area (TPSA) is 72.3 Å². The molecule has 0 bridgehead atoms. The Bertz CT molecular complexity index is 1120. The molecule has 1 N–H and O–H groups in total. The maximum absolute atomic E-state index is 14.0. The Morgan fingerprint density at radius 2 is 2.03 bits per heavy atom. The number of benzene rings is 1. The van der Waals surface area contributed by atoms with Crippen molar-refractivity contribution in [2.45, 2.75) is 38.2 Å². The summed E-state index contributed by atoms with van der Waals surface area (Å²) in [6.45, 7) is 3.28. The molecule has 1 saturated heterocycles. The molecule has 1 amide bonds. The van der Waals surface area contributed by atoms with Gasteiger partial charge in [0.15, 0.2) is 0 Å². The Labute approximate surface area is 186 Å². The molecule has 7 nitrogen and oxygen atoms in total. The number of amides is 1. The van der Waals surface area contributed by atoms with Gasteiger partial charge >= 0.3 is 6.09 Å². The lowest BCUT2D eigenvalue weighted by atomic mass is 9.78. The number of rotatable bonds is 5. The van der Waals surface area contributed by atoms with Crippen LogP contribution in [-0.2, 0) is 4.74 Å². The van der Waals surface area contributed by atoms with Crippen molar-refractivity contribution in [2.24, 2.45) is 5.92 Å². The summed E-state index contributed by atoms with van der Waals surface area (Å²) in [6, 6.07) is 12.2. The zero-order chi connectivity index (χ0) is 22.1. The van der Waals surface area contributed by atoms with E-state index in [4.69, 9.17) is 4.74 Å². The number of nitrogens with zero attached hydrogens (tertiary/aromatic N) is 4. The highest BCUT2D eigenvalue weighted by Crippen LogP contribution is 2.40. The predicted octanol–water partition coefficient (Wildman–Crippen LogP) is 4.71. The Hall–Kier alpha value is -3.42. The average Bonchev–Trinajstić information content (AvgIpc) is 3.38. The minimum atomic E-state index is -0.406. The van der Waals surface area contributed by atoms with Crippen LogP contribution in [-0.4, -0.2) is 39.5 Å². The van der Waals surface area contributed by atoms with Crippen molar-refractivity contribution in [3.8, 4) is 5.69 Å².